The molecule has 0 spiro atoms. The van der Waals surface area contributed by atoms with E-state index in [9.17, 15) is 24.0 Å². The number of ether oxygens (including phenoxy) is 6. The minimum Gasteiger partial charge on any atom is -0.480 e. The molecule has 0 aliphatic rings. The Morgan fingerprint density at radius 2 is 1.02 bits per heavy atom. The quantitative estimate of drug-likeness (QED) is 0.0612. The van der Waals surface area contributed by atoms with Crippen molar-refractivity contribution in [3.63, 3.8) is 0 Å². The van der Waals surface area contributed by atoms with Gasteiger partial charge in [0.25, 0.3) is 0 Å². The molecule has 5 N–H and O–H groups in total. The predicted octanol–water partition coefficient (Wildman–Crippen LogP) is 2.17. The number of carboxylic acids is 1. The van der Waals surface area contributed by atoms with Crippen LogP contribution in [-0.4, -0.2) is 140 Å². The van der Waals surface area contributed by atoms with Crippen LogP contribution in [0.1, 0.15) is 76.7 Å². The lowest BCUT2D eigenvalue weighted by Gasteiger charge is -2.19. The average molecular weight is 783 g/mol. The van der Waals surface area contributed by atoms with E-state index in [0.29, 0.717) is 26.2 Å². The summed E-state index contributed by atoms with van der Waals surface area (Å²) >= 11 is 0. The third kappa shape index (κ3) is 32.3. The maximum absolute atomic E-state index is 12.8. The van der Waals surface area contributed by atoms with Crippen LogP contribution >= 0.6 is 0 Å². The van der Waals surface area contributed by atoms with Crippen molar-refractivity contribution in [3.05, 3.63) is 35.9 Å². The maximum atomic E-state index is 12.8. The van der Waals surface area contributed by atoms with Gasteiger partial charge in [-0.15, -0.1) is 0 Å². The molecule has 0 radical (unpaired) electrons. The first-order chi connectivity index (χ1) is 26.8. The van der Waals surface area contributed by atoms with Gasteiger partial charge in [0, 0.05) is 32.5 Å². The summed E-state index contributed by atoms with van der Waals surface area (Å²) in [7, 11) is 0. The number of nitrogens with one attached hydrogen (secondary N) is 4. The van der Waals surface area contributed by atoms with Crippen LogP contribution in [0, 0.1) is 0 Å². The molecule has 0 saturated carbocycles. The standard InChI is InChI=1S/C39H66N4O12/c1-2-3-4-5-6-7-8-9-13-16-35(44)40-17-20-50-23-26-53-30-36(45)41-18-21-51-24-27-54-31-37(46)43-34(29-33-14-11-10-12-15-33)39(49)42-19-22-52-25-28-55-32-38(47)48/h10-12,14-15,34H,2-9,13,16-32H2,1H3,(H,40,44)(H,41,45)(H,42,49)(H,43,46)(H,47,48)/t34-/m0/s1. The van der Waals surface area contributed by atoms with Crippen molar-refractivity contribution >= 4 is 29.6 Å². The molecule has 16 heteroatoms. The first kappa shape index (κ1) is 49.3. The summed E-state index contributed by atoms with van der Waals surface area (Å²) in [6, 6.07) is 8.42. The highest BCUT2D eigenvalue weighted by atomic mass is 16.5. The molecule has 1 aromatic carbocycles. The fourth-order valence-corrected chi connectivity index (χ4v) is 5.07. The van der Waals surface area contributed by atoms with E-state index < -0.39 is 24.5 Å². The van der Waals surface area contributed by atoms with Gasteiger partial charge < -0.3 is 54.8 Å². The van der Waals surface area contributed by atoms with E-state index >= 15 is 0 Å². The van der Waals surface area contributed by atoms with Gasteiger partial charge in [0.05, 0.1) is 59.5 Å². The molecule has 4 amide bonds. The van der Waals surface area contributed by atoms with Gasteiger partial charge in [0.15, 0.2) is 0 Å². The van der Waals surface area contributed by atoms with Crippen LogP contribution in [-0.2, 0) is 58.8 Å². The summed E-state index contributed by atoms with van der Waals surface area (Å²) in [5, 5.41) is 19.5. The van der Waals surface area contributed by atoms with Crippen molar-refractivity contribution < 1.29 is 57.5 Å². The molecule has 0 unspecified atom stereocenters. The molecule has 314 valence electrons. The zero-order valence-electron chi connectivity index (χ0n) is 32.8. The highest BCUT2D eigenvalue weighted by Gasteiger charge is 2.21. The van der Waals surface area contributed by atoms with Crippen molar-refractivity contribution in [2.75, 3.05) is 98.9 Å². The second-order valence-corrected chi connectivity index (χ2v) is 12.8. The second-order valence-electron chi connectivity index (χ2n) is 12.8. The summed E-state index contributed by atoms with van der Waals surface area (Å²) in [4.78, 5) is 59.7. The monoisotopic (exact) mass is 782 g/mol. The molecule has 0 saturated heterocycles. The van der Waals surface area contributed by atoms with E-state index in [1.165, 1.54) is 44.9 Å². The molecule has 0 aliphatic heterocycles. The number of unbranched alkanes of at least 4 members (excludes halogenated alkanes) is 8. The highest BCUT2D eigenvalue weighted by molar-refractivity contribution is 5.88. The van der Waals surface area contributed by atoms with Gasteiger partial charge in [0.1, 0.15) is 25.9 Å². The lowest BCUT2D eigenvalue weighted by molar-refractivity contribution is -0.142. The SMILES string of the molecule is CCCCCCCCCCCC(=O)NCCOCCOCC(=O)NCCOCCOCC(=O)N[C@@H](Cc1ccccc1)C(=O)NCCOCCOCC(=O)O. The second kappa shape index (κ2) is 36.0. The first-order valence-corrected chi connectivity index (χ1v) is 19.6. The minimum atomic E-state index is -1.06. The molecule has 0 heterocycles. The normalized spacial score (nSPS) is 11.5. The number of hydrogen-bond acceptors (Lipinski definition) is 11. The third-order valence-corrected chi connectivity index (χ3v) is 7.93. The van der Waals surface area contributed by atoms with Gasteiger partial charge in [-0.1, -0.05) is 88.6 Å². The fourth-order valence-electron chi connectivity index (χ4n) is 5.07. The molecule has 1 atom stereocenters. The van der Waals surface area contributed by atoms with E-state index in [2.05, 4.69) is 28.2 Å². The summed E-state index contributed by atoms with van der Waals surface area (Å²) in [5.41, 5.74) is 0.865. The average Bonchev–Trinajstić information content (AvgIpc) is 3.17. The maximum Gasteiger partial charge on any atom is 0.329 e. The number of amides is 4. The van der Waals surface area contributed by atoms with E-state index in [0.717, 1.165) is 18.4 Å². The Labute approximate surface area is 326 Å². The minimum absolute atomic E-state index is 0.0483. The topological polar surface area (TPSA) is 209 Å². The Morgan fingerprint density at radius 1 is 0.545 bits per heavy atom. The Balaban J connectivity index is 2.03. The van der Waals surface area contributed by atoms with Gasteiger partial charge in [-0.2, -0.15) is 0 Å². The smallest absolute Gasteiger partial charge is 0.329 e. The van der Waals surface area contributed by atoms with Gasteiger partial charge in [-0.3, -0.25) is 19.2 Å². The van der Waals surface area contributed by atoms with Crippen molar-refractivity contribution in [3.8, 4) is 0 Å². The molecular formula is C39H66N4O12. The van der Waals surface area contributed by atoms with E-state index in [1.807, 2.05) is 30.3 Å². The number of hydrogen-bond donors (Lipinski definition) is 5. The summed E-state index contributed by atoms with van der Waals surface area (Å²) < 4.78 is 31.8. The molecule has 1 aromatic rings. The van der Waals surface area contributed by atoms with E-state index in [4.69, 9.17) is 33.5 Å². The lowest BCUT2D eigenvalue weighted by atomic mass is 10.1. The van der Waals surface area contributed by atoms with Crippen LogP contribution in [0.25, 0.3) is 0 Å². The first-order valence-electron chi connectivity index (χ1n) is 19.6. The summed E-state index contributed by atoms with van der Waals surface area (Å²) in [6.45, 7) is 4.36. The van der Waals surface area contributed by atoms with Crippen LogP contribution in [0.2, 0.25) is 0 Å². The predicted molar refractivity (Wildman–Crippen MR) is 205 cm³/mol. The molecule has 0 aliphatic carbocycles. The van der Waals surface area contributed by atoms with Crippen molar-refractivity contribution in [1.29, 1.82) is 0 Å². The van der Waals surface area contributed by atoms with Gasteiger partial charge in [-0.25, -0.2) is 4.79 Å². The lowest BCUT2D eigenvalue weighted by Crippen LogP contribution is -2.49. The Bertz CT molecular complexity index is 1150. The zero-order valence-corrected chi connectivity index (χ0v) is 32.8. The molecule has 16 nitrogen and oxygen atoms in total. The molecule has 1 rings (SSSR count). The van der Waals surface area contributed by atoms with Crippen LogP contribution in [0.4, 0.5) is 0 Å². The van der Waals surface area contributed by atoms with Gasteiger partial charge in [0.2, 0.25) is 23.6 Å². The van der Waals surface area contributed by atoms with Crippen LogP contribution < -0.4 is 21.3 Å². The van der Waals surface area contributed by atoms with E-state index in [-0.39, 0.29) is 96.7 Å². The van der Waals surface area contributed by atoms with Crippen molar-refractivity contribution in [2.45, 2.75) is 83.6 Å². The van der Waals surface area contributed by atoms with Crippen LogP contribution in [0.15, 0.2) is 30.3 Å². The number of carbonyl (C=O) groups excluding carboxylic acids is 4. The molecule has 0 aromatic heterocycles. The molecule has 55 heavy (non-hydrogen) atoms. The molecular weight excluding hydrogens is 716 g/mol. The molecule has 0 bridgehead atoms. The molecule has 0 fully saturated rings. The number of benzene rings is 1. The van der Waals surface area contributed by atoms with Gasteiger partial charge in [-0.05, 0) is 12.0 Å². The highest BCUT2D eigenvalue weighted by Crippen LogP contribution is 2.10. The Morgan fingerprint density at radius 3 is 1.58 bits per heavy atom. The Hall–Kier alpha value is -3.67. The summed E-state index contributed by atoms with van der Waals surface area (Å²) in [5.74, 6) is -2.15. The zero-order chi connectivity index (χ0) is 40.0. The third-order valence-electron chi connectivity index (χ3n) is 7.93. The number of carbonyl (C=O) groups is 5. The fraction of sp³-hybridized carbons (Fsp3) is 0.718. The number of carboxylic acid groups (broad SMARTS) is 1. The van der Waals surface area contributed by atoms with Crippen molar-refractivity contribution in [1.82, 2.24) is 21.3 Å². The van der Waals surface area contributed by atoms with Crippen LogP contribution in [0.5, 0.6) is 0 Å². The largest absolute Gasteiger partial charge is 0.480 e. The number of aliphatic carboxylic acids is 1. The summed E-state index contributed by atoms with van der Waals surface area (Å²) in [6.07, 6.45) is 11.8. The van der Waals surface area contributed by atoms with Crippen LogP contribution in [0.3, 0.4) is 0 Å². The van der Waals surface area contributed by atoms with Gasteiger partial charge >= 0.3 is 5.97 Å². The van der Waals surface area contributed by atoms with Crippen molar-refractivity contribution in [2.24, 2.45) is 0 Å². The number of rotatable bonds is 38. The van der Waals surface area contributed by atoms with E-state index in [1.54, 1.807) is 0 Å². The Kier molecular flexibility index (Phi) is 32.3.